The van der Waals surface area contributed by atoms with Crippen LogP contribution in [-0.2, 0) is 40.5 Å². The van der Waals surface area contributed by atoms with Crippen LogP contribution in [0, 0.1) is 0 Å². The Labute approximate surface area is 167 Å². The van der Waals surface area contributed by atoms with Gasteiger partial charge in [0.2, 0.25) is 21.8 Å². The number of hydrogen-bond acceptors (Lipinski definition) is 7. The van der Waals surface area contributed by atoms with Crippen molar-refractivity contribution in [3.8, 4) is 0 Å². The summed E-state index contributed by atoms with van der Waals surface area (Å²) in [6.45, 7) is 1.40. The van der Waals surface area contributed by atoms with E-state index in [1.807, 2.05) is 0 Å². The van der Waals surface area contributed by atoms with E-state index < -0.39 is 52.2 Å². The topological polar surface area (TPSA) is 168 Å². The molecule has 0 aliphatic rings. The van der Waals surface area contributed by atoms with Gasteiger partial charge in [0, 0.05) is 6.54 Å². The number of aldehydes is 1. The van der Waals surface area contributed by atoms with E-state index in [1.54, 1.807) is 35.1 Å². The molecule has 1 aromatic carbocycles. The minimum atomic E-state index is -3.80. The number of benzene rings is 1. The summed E-state index contributed by atoms with van der Waals surface area (Å²) in [5, 5.41) is 6.73. The molecule has 12 heteroatoms. The van der Waals surface area contributed by atoms with E-state index in [4.69, 9.17) is 0 Å². The fourth-order valence-electron chi connectivity index (χ4n) is 2.08. The van der Waals surface area contributed by atoms with Crippen molar-refractivity contribution >= 4 is 39.9 Å². The maximum atomic E-state index is 12.1. The third-order valence-corrected chi connectivity index (χ3v) is 4.04. The van der Waals surface area contributed by atoms with E-state index in [2.05, 4.69) is 16.0 Å². The average molecular weight is 426 g/mol. The van der Waals surface area contributed by atoms with E-state index in [9.17, 15) is 32.4 Å². The maximum Gasteiger partial charge on any atom is 0.309 e. The Kier molecular flexibility index (Phi) is 8.93. The summed E-state index contributed by atoms with van der Waals surface area (Å²) < 4.78 is 23.6. The van der Waals surface area contributed by atoms with Gasteiger partial charge in [0.25, 0.3) is 0 Å². The Morgan fingerprint density at radius 2 is 1.66 bits per heavy atom. The second-order valence-corrected chi connectivity index (χ2v) is 7.86. The molecule has 158 valence electrons. The first-order valence-corrected chi connectivity index (χ1v) is 10.3. The van der Waals surface area contributed by atoms with Gasteiger partial charge in [-0.05, 0) is 12.5 Å². The van der Waals surface area contributed by atoms with Crippen LogP contribution < -0.4 is 20.7 Å². The molecule has 4 N–H and O–H groups in total. The molecule has 0 aromatic heterocycles. The predicted molar refractivity (Wildman–Crippen MR) is 101 cm³/mol. The van der Waals surface area contributed by atoms with Gasteiger partial charge < -0.3 is 20.7 Å². The second-order valence-electron chi connectivity index (χ2n) is 6.12. The Morgan fingerprint density at radius 1 is 1.03 bits per heavy atom. The zero-order chi connectivity index (χ0) is 22.0. The molecule has 0 saturated carbocycles. The summed E-state index contributed by atoms with van der Waals surface area (Å²) in [5.74, 6) is -3.82. The molecule has 0 radical (unpaired) electrons. The molecule has 1 aromatic rings. The van der Waals surface area contributed by atoms with Gasteiger partial charge in [0.15, 0.2) is 0 Å². The largest absolute Gasteiger partial charge is 0.344 e. The third-order valence-electron chi connectivity index (χ3n) is 3.44. The SMILES string of the molecule is CC(NC(=O)C(=O)NCc1ccccc1)C(=O)NC(C=O)CC(=O)NS(C)(=O)=O. The summed E-state index contributed by atoms with van der Waals surface area (Å²) in [4.78, 5) is 58.3. The summed E-state index contributed by atoms with van der Waals surface area (Å²) in [6.07, 6.45) is 0.404. The monoisotopic (exact) mass is 426 g/mol. The van der Waals surface area contributed by atoms with Crippen LogP contribution in [0.1, 0.15) is 18.9 Å². The van der Waals surface area contributed by atoms with E-state index in [1.165, 1.54) is 6.92 Å². The molecule has 0 aliphatic carbocycles. The normalized spacial score (nSPS) is 12.8. The van der Waals surface area contributed by atoms with Crippen molar-refractivity contribution in [1.29, 1.82) is 0 Å². The number of nitrogens with one attached hydrogen (secondary N) is 4. The lowest BCUT2D eigenvalue weighted by atomic mass is 10.2. The summed E-state index contributed by atoms with van der Waals surface area (Å²) in [7, 11) is -3.80. The highest BCUT2D eigenvalue weighted by atomic mass is 32.2. The first kappa shape index (κ1) is 23.8. The number of carbonyl (C=O) groups excluding carboxylic acids is 5. The van der Waals surface area contributed by atoms with Gasteiger partial charge in [-0.3, -0.25) is 23.9 Å². The predicted octanol–water partition coefficient (Wildman–Crippen LogP) is -2.04. The smallest absolute Gasteiger partial charge is 0.309 e. The van der Waals surface area contributed by atoms with Crippen LogP contribution in [0.2, 0.25) is 0 Å². The van der Waals surface area contributed by atoms with Gasteiger partial charge in [0.1, 0.15) is 12.3 Å². The number of sulfonamides is 1. The third kappa shape index (κ3) is 9.46. The van der Waals surface area contributed by atoms with Crippen LogP contribution in [0.5, 0.6) is 0 Å². The van der Waals surface area contributed by atoms with Crippen LogP contribution in [0.4, 0.5) is 0 Å². The van der Waals surface area contributed by atoms with Gasteiger partial charge in [-0.15, -0.1) is 0 Å². The van der Waals surface area contributed by atoms with Crippen LogP contribution in [0.3, 0.4) is 0 Å². The Hall–Kier alpha value is -3.28. The number of rotatable bonds is 9. The lowest BCUT2D eigenvalue weighted by Crippen LogP contribution is -2.52. The van der Waals surface area contributed by atoms with Gasteiger partial charge in [-0.2, -0.15) is 0 Å². The highest BCUT2D eigenvalue weighted by Crippen LogP contribution is 1.97. The van der Waals surface area contributed by atoms with Gasteiger partial charge in [-0.25, -0.2) is 8.42 Å². The van der Waals surface area contributed by atoms with Gasteiger partial charge >= 0.3 is 11.8 Å². The first-order chi connectivity index (χ1) is 13.5. The Morgan fingerprint density at radius 3 is 2.21 bits per heavy atom. The lowest BCUT2D eigenvalue weighted by molar-refractivity contribution is -0.140. The minimum Gasteiger partial charge on any atom is -0.344 e. The molecule has 0 saturated heterocycles. The van der Waals surface area contributed by atoms with Crippen LogP contribution in [-0.4, -0.2) is 56.7 Å². The zero-order valence-corrected chi connectivity index (χ0v) is 16.6. The van der Waals surface area contributed by atoms with E-state index in [0.717, 1.165) is 11.8 Å². The average Bonchev–Trinajstić information content (AvgIpc) is 2.64. The van der Waals surface area contributed by atoms with Gasteiger partial charge in [0.05, 0.1) is 18.7 Å². The standard InChI is InChI=1S/C17H22N4O7S/c1-11(15(24)20-13(10-22)8-14(23)21-29(2,27)28)19-17(26)16(25)18-9-12-6-4-3-5-7-12/h3-7,10-11,13H,8-9H2,1-2H3,(H,18,25)(H,19,26)(H,20,24)(H,21,23). The summed E-state index contributed by atoms with van der Waals surface area (Å²) in [5.41, 5.74) is 0.778. The minimum absolute atomic E-state index is 0.121. The molecular formula is C17H22N4O7S. The van der Waals surface area contributed by atoms with Crippen molar-refractivity contribution in [3.63, 3.8) is 0 Å². The quantitative estimate of drug-likeness (QED) is 0.260. The molecule has 0 spiro atoms. The van der Waals surface area contributed by atoms with E-state index >= 15 is 0 Å². The Balaban J connectivity index is 2.50. The zero-order valence-electron chi connectivity index (χ0n) is 15.8. The maximum absolute atomic E-state index is 12.1. The molecule has 11 nitrogen and oxygen atoms in total. The molecule has 0 aliphatic heterocycles. The number of hydrogen-bond donors (Lipinski definition) is 4. The molecule has 0 bridgehead atoms. The molecule has 1 rings (SSSR count). The molecular weight excluding hydrogens is 404 g/mol. The molecule has 2 unspecified atom stereocenters. The highest BCUT2D eigenvalue weighted by Gasteiger charge is 2.24. The van der Waals surface area contributed by atoms with E-state index in [0.29, 0.717) is 0 Å². The summed E-state index contributed by atoms with van der Waals surface area (Å²) in [6, 6.07) is 6.36. The van der Waals surface area contributed by atoms with Crippen LogP contribution >= 0.6 is 0 Å². The summed E-state index contributed by atoms with van der Waals surface area (Å²) >= 11 is 0. The van der Waals surface area contributed by atoms with Crippen molar-refractivity contribution in [3.05, 3.63) is 35.9 Å². The van der Waals surface area contributed by atoms with E-state index in [-0.39, 0.29) is 12.8 Å². The van der Waals surface area contributed by atoms with Crippen molar-refractivity contribution < 1.29 is 32.4 Å². The Bertz CT molecular complexity index is 871. The van der Waals surface area contributed by atoms with Crippen molar-refractivity contribution in [2.45, 2.75) is 32.0 Å². The highest BCUT2D eigenvalue weighted by molar-refractivity contribution is 7.89. The van der Waals surface area contributed by atoms with Crippen molar-refractivity contribution in [2.75, 3.05) is 6.26 Å². The van der Waals surface area contributed by atoms with Crippen LogP contribution in [0.25, 0.3) is 0 Å². The lowest BCUT2D eigenvalue weighted by Gasteiger charge is -2.17. The molecule has 0 heterocycles. The van der Waals surface area contributed by atoms with Crippen LogP contribution in [0.15, 0.2) is 30.3 Å². The second kappa shape index (κ2) is 10.9. The fourth-order valence-corrected chi connectivity index (χ4v) is 2.57. The first-order valence-electron chi connectivity index (χ1n) is 8.40. The van der Waals surface area contributed by atoms with Crippen molar-refractivity contribution in [1.82, 2.24) is 20.7 Å². The molecule has 0 fully saturated rings. The molecule has 4 amide bonds. The molecule has 29 heavy (non-hydrogen) atoms. The number of amides is 4. The molecule has 2 atom stereocenters. The van der Waals surface area contributed by atoms with Crippen molar-refractivity contribution in [2.24, 2.45) is 0 Å². The fraction of sp³-hybridized carbons (Fsp3) is 0.353. The van der Waals surface area contributed by atoms with Gasteiger partial charge in [-0.1, -0.05) is 30.3 Å². The number of carbonyl (C=O) groups is 5.